The summed E-state index contributed by atoms with van der Waals surface area (Å²) in [5.41, 5.74) is 0.994. The molecule has 2 rings (SSSR count). The standard InChI is InChI=1S/C15H24N2O2/c1-4-12(2)19-15(3)7-5-13(6-8-15)11-17-10-9-16-14(17)18/h5-7,12H,4,8-11H2,1-3H3,(H,16,18). The highest BCUT2D eigenvalue weighted by molar-refractivity contribution is 5.76. The Labute approximate surface area is 115 Å². The first-order valence-electron chi connectivity index (χ1n) is 7.11. The van der Waals surface area contributed by atoms with E-state index in [1.807, 2.05) is 4.90 Å². The van der Waals surface area contributed by atoms with Crippen LogP contribution in [-0.2, 0) is 4.74 Å². The molecule has 0 radical (unpaired) electrons. The van der Waals surface area contributed by atoms with Gasteiger partial charge in [0.1, 0.15) is 0 Å². The highest BCUT2D eigenvalue weighted by Gasteiger charge is 2.26. The molecule has 0 saturated carbocycles. The second kappa shape index (κ2) is 5.78. The van der Waals surface area contributed by atoms with Gasteiger partial charge in [0.25, 0.3) is 0 Å². The van der Waals surface area contributed by atoms with Crippen LogP contribution in [0.25, 0.3) is 0 Å². The van der Waals surface area contributed by atoms with Crippen molar-refractivity contribution in [1.29, 1.82) is 0 Å². The number of hydrogen-bond acceptors (Lipinski definition) is 2. The number of carbonyl (C=O) groups excluding carboxylic acids is 1. The first-order valence-corrected chi connectivity index (χ1v) is 7.11. The van der Waals surface area contributed by atoms with Crippen molar-refractivity contribution in [1.82, 2.24) is 10.2 Å². The topological polar surface area (TPSA) is 41.6 Å². The lowest BCUT2D eigenvalue weighted by molar-refractivity contribution is -0.0438. The minimum atomic E-state index is -0.202. The van der Waals surface area contributed by atoms with E-state index in [2.05, 4.69) is 44.3 Å². The Balaban J connectivity index is 1.89. The molecule has 0 aromatic rings. The molecule has 0 bridgehead atoms. The Morgan fingerprint density at radius 3 is 2.89 bits per heavy atom. The molecule has 4 heteroatoms. The van der Waals surface area contributed by atoms with E-state index >= 15 is 0 Å². The van der Waals surface area contributed by atoms with Crippen molar-refractivity contribution in [3.63, 3.8) is 0 Å². The van der Waals surface area contributed by atoms with Gasteiger partial charge in [-0.05, 0) is 32.3 Å². The first kappa shape index (κ1) is 14.1. The van der Waals surface area contributed by atoms with E-state index in [4.69, 9.17) is 4.74 Å². The summed E-state index contributed by atoms with van der Waals surface area (Å²) in [6, 6.07) is 0.0403. The number of nitrogens with zero attached hydrogens (tertiary/aromatic N) is 1. The smallest absolute Gasteiger partial charge is 0.317 e. The normalized spacial score (nSPS) is 28.3. The number of rotatable bonds is 5. The first-order chi connectivity index (χ1) is 9.02. The van der Waals surface area contributed by atoms with E-state index in [-0.39, 0.29) is 17.7 Å². The zero-order valence-corrected chi connectivity index (χ0v) is 12.1. The van der Waals surface area contributed by atoms with Gasteiger partial charge in [0.15, 0.2) is 0 Å². The summed E-state index contributed by atoms with van der Waals surface area (Å²) in [5, 5.41) is 2.82. The quantitative estimate of drug-likeness (QED) is 0.829. The third kappa shape index (κ3) is 3.60. The van der Waals surface area contributed by atoms with Crippen LogP contribution in [0.3, 0.4) is 0 Å². The maximum atomic E-state index is 11.5. The summed E-state index contributed by atoms with van der Waals surface area (Å²) in [7, 11) is 0. The minimum absolute atomic E-state index is 0.0403. The zero-order valence-electron chi connectivity index (χ0n) is 12.1. The van der Waals surface area contributed by atoms with Crippen molar-refractivity contribution in [2.24, 2.45) is 0 Å². The van der Waals surface area contributed by atoms with Gasteiger partial charge in [0.05, 0.1) is 11.7 Å². The lowest BCUT2D eigenvalue weighted by Crippen LogP contribution is -2.33. The minimum Gasteiger partial charge on any atom is -0.368 e. The van der Waals surface area contributed by atoms with E-state index < -0.39 is 0 Å². The van der Waals surface area contributed by atoms with Crippen LogP contribution in [-0.4, -0.2) is 42.3 Å². The molecule has 1 saturated heterocycles. The van der Waals surface area contributed by atoms with Crippen molar-refractivity contribution < 1.29 is 9.53 Å². The number of ether oxygens (including phenoxy) is 1. The Morgan fingerprint density at radius 2 is 2.37 bits per heavy atom. The van der Waals surface area contributed by atoms with Crippen molar-refractivity contribution in [2.45, 2.75) is 45.3 Å². The summed E-state index contributed by atoms with van der Waals surface area (Å²) in [5.74, 6) is 0. The molecule has 2 amide bonds. The third-order valence-electron chi connectivity index (χ3n) is 3.78. The SMILES string of the molecule is CCC(C)OC1(C)C=CC(CN2CCNC2=O)=CC1. The molecule has 4 nitrogen and oxygen atoms in total. The molecule has 2 atom stereocenters. The fourth-order valence-electron chi connectivity index (χ4n) is 2.38. The van der Waals surface area contributed by atoms with Gasteiger partial charge >= 0.3 is 6.03 Å². The molecule has 0 aromatic heterocycles. The number of carbonyl (C=O) groups is 1. The highest BCUT2D eigenvalue weighted by atomic mass is 16.5. The lowest BCUT2D eigenvalue weighted by Gasteiger charge is -2.32. The van der Waals surface area contributed by atoms with Crippen LogP contribution >= 0.6 is 0 Å². The second-order valence-corrected chi connectivity index (χ2v) is 5.62. The number of amides is 2. The molecule has 2 aliphatic rings. The van der Waals surface area contributed by atoms with E-state index in [0.717, 1.165) is 25.9 Å². The summed E-state index contributed by atoms with van der Waals surface area (Å²) in [6.45, 7) is 8.60. The fourth-order valence-corrected chi connectivity index (χ4v) is 2.38. The molecule has 1 fully saturated rings. The van der Waals surface area contributed by atoms with Gasteiger partial charge < -0.3 is 15.0 Å². The predicted octanol–water partition coefficient (Wildman–Crippen LogP) is 2.47. The predicted molar refractivity (Wildman–Crippen MR) is 76.1 cm³/mol. The van der Waals surface area contributed by atoms with Crippen LogP contribution in [0.1, 0.15) is 33.6 Å². The Kier molecular flexibility index (Phi) is 4.30. The zero-order chi connectivity index (χ0) is 13.9. The van der Waals surface area contributed by atoms with Crippen LogP contribution in [0.15, 0.2) is 23.8 Å². The van der Waals surface area contributed by atoms with Crippen LogP contribution in [0.4, 0.5) is 4.79 Å². The van der Waals surface area contributed by atoms with Crippen molar-refractivity contribution in [3.8, 4) is 0 Å². The molecule has 0 spiro atoms. The van der Waals surface area contributed by atoms with Crippen LogP contribution < -0.4 is 5.32 Å². The van der Waals surface area contributed by atoms with Gasteiger partial charge in [0, 0.05) is 19.6 Å². The summed E-state index contributed by atoms with van der Waals surface area (Å²) >= 11 is 0. The van der Waals surface area contributed by atoms with Gasteiger partial charge in [-0.1, -0.05) is 25.2 Å². The maximum absolute atomic E-state index is 11.5. The van der Waals surface area contributed by atoms with Crippen LogP contribution in [0.5, 0.6) is 0 Å². The molecule has 1 aliphatic heterocycles. The fraction of sp³-hybridized carbons (Fsp3) is 0.667. The molecule has 19 heavy (non-hydrogen) atoms. The Hall–Kier alpha value is -1.29. The summed E-state index contributed by atoms with van der Waals surface area (Å²) in [6.07, 6.45) is 8.58. The number of urea groups is 1. The average Bonchev–Trinajstić information content (AvgIpc) is 2.78. The largest absolute Gasteiger partial charge is 0.368 e. The molecule has 1 heterocycles. The van der Waals surface area contributed by atoms with Gasteiger partial charge in [-0.15, -0.1) is 0 Å². The molecule has 0 aromatic carbocycles. The molecule has 1 aliphatic carbocycles. The molecule has 2 unspecified atom stereocenters. The molecule has 106 valence electrons. The lowest BCUT2D eigenvalue weighted by atomic mass is 9.93. The highest BCUT2D eigenvalue weighted by Crippen LogP contribution is 2.27. The van der Waals surface area contributed by atoms with Crippen molar-refractivity contribution in [2.75, 3.05) is 19.6 Å². The third-order valence-corrected chi connectivity index (χ3v) is 3.78. The molecular weight excluding hydrogens is 240 g/mol. The van der Waals surface area contributed by atoms with Gasteiger partial charge in [-0.25, -0.2) is 4.79 Å². The van der Waals surface area contributed by atoms with Crippen molar-refractivity contribution in [3.05, 3.63) is 23.8 Å². The average molecular weight is 264 g/mol. The van der Waals surface area contributed by atoms with E-state index in [0.29, 0.717) is 6.54 Å². The summed E-state index contributed by atoms with van der Waals surface area (Å²) < 4.78 is 6.04. The monoisotopic (exact) mass is 264 g/mol. The van der Waals surface area contributed by atoms with E-state index in [1.54, 1.807) is 0 Å². The van der Waals surface area contributed by atoms with E-state index in [1.165, 1.54) is 5.57 Å². The van der Waals surface area contributed by atoms with Crippen LogP contribution in [0, 0.1) is 0 Å². The number of hydrogen-bond donors (Lipinski definition) is 1. The number of nitrogens with one attached hydrogen (secondary N) is 1. The van der Waals surface area contributed by atoms with Crippen LogP contribution in [0.2, 0.25) is 0 Å². The van der Waals surface area contributed by atoms with Gasteiger partial charge in [0.2, 0.25) is 0 Å². The van der Waals surface area contributed by atoms with Gasteiger partial charge in [-0.3, -0.25) is 0 Å². The van der Waals surface area contributed by atoms with Gasteiger partial charge in [-0.2, -0.15) is 0 Å². The van der Waals surface area contributed by atoms with E-state index in [9.17, 15) is 4.79 Å². The van der Waals surface area contributed by atoms with Crippen molar-refractivity contribution >= 4 is 6.03 Å². The molecule has 1 N–H and O–H groups in total. The summed E-state index contributed by atoms with van der Waals surface area (Å²) in [4.78, 5) is 13.3. The second-order valence-electron chi connectivity index (χ2n) is 5.62. The maximum Gasteiger partial charge on any atom is 0.317 e. The molecular formula is C15H24N2O2. The Morgan fingerprint density at radius 1 is 1.58 bits per heavy atom. The Bertz CT molecular complexity index is 403.